The summed E-state index contributed by atoms with van der Waals surface area (Å²) in [4.78, 5) is 2.98. The molecule has 0 aliphatic carbocycles. The summed E-state index contributed by atoms with van der Waals surface area (Å²) >= 11 is 0. The van der Waals surface area contributed by atoms with E-state index in [0.29, 0.717) is 33.0 Å². The van der Waals surface area contributed by atoms with Gasteiger partial charge in [-0.2, -0.15) is 0 Å². The van der Waals surface area contributed by atoms with E-state index in [0.717, 1.165) is 0 Å². The van der Waals surface area contributed by atoms with Crippen molar-refractivity contribution in [2.75, 3.05) is 0 Å². The average Bonchev–Trinajstić information content (AvgIpc) is 3.19. The molecular weight excluding hydrogens is 302 g/mol. The van der Waals surface area contributed by atoms with Gasteiger partial charge >= 0.3 is 0 Å². The number of hydrogen-bond acceptors (Lipinski definition) is 0. The first-order chi connectivity index (χ1) is 14.9. The summed E-state index contributed by atoms with van der Waals surface area (Å²) in [5.74, 6) is 0. The van der Waals surface area contributed by atoms with Crippen molar-refractivity contribution in [3.8, 4) is 22.3 Å². The van der Waals surface area contributed by atoms with Gasteiger partial charge in [0.25, 0.3) is 0 Å². The van der Waals surface area contributed by atoms with Crippen molar-refractivity contribution in [3.05, 3.63) is 96.9 Å². The molecule has 0 radical (unpaired) electrons. The molecule has 0 saturated heterocycles. The third-order valence-corrected chi connectivity index (χ3v) is 4.25. The Balaban J connectivity index is 1.99. The Morgan fingerprint density at radius 1 is 0.520 bits per heavy atom. The smallest absolute Gasteiger partial charge is 0.0645 e. The Morgan fingerprint density at radius 2 is 0.960 bits per heavy atom. The van der Waals surface area contributed by atoms with Crippen molar-refractivity contribution in [2.45, 2.75) is 0 Å². The summed E-state index contributed by atoms with van der Waals surface area (Å²) in [6.45, 7) is 0. The van der Waals surface area contributed by atoms with Crippen LogP contribution in [0.25, 0.3) is 44.1 Å². The van der Waals surface area contributed by atoms with Gasteiger partial charge in [-0.3, -0.25) is 0 Å². The van der Waals surface area contributed by atoms with Gasteiger partial charge in [0, 0.05) is 21.8 Å². The Kier molecular flexibility index (Phi) is 2.08. The molecule has 0 spiro atoms. The van der Waals surface area contributed by atoms with E-state index in [1.165, 1.54) is 0 Å². The summed E-state index contributed by atoms with van der Waals surface area (Å²) in [5.41, 5.74) is 2.44. The number of H-pyrrole nitrogens is 1. The highest BCUT2D eigenvalue weighted by Crippen LogP contribution is 2.32. The van der Waals surface area contributed by atoms with Crippen molar-refractivity contribution in [1.82, 2.24) is 4.98 Å². The van der Waals surface area contributed by atoms with Gasteiger partial charge in [-0.05, 0) is 46.4 Å². The second kappa shape index (κ2) is 5.64. The van der Waals surface area contributed by atoms with Gasteiger partial charge in [-0.15, -0.1) is 0 Å². The molecule has 1 heterocycles. The van der Waals surface area contributed by atoms with Gasteiger partial charge in [-0.1, -0.05) is 72.7 Å². The SMILES string of the molecule is [2H]c1c(-c2ccccc2)c([2H])c2c([nH]c3c([2H])c([2H])c(-c4ccccc4)c([2H])c32)c1[2H]. The predicted molar refractivity (Wildman–Crippen MR) is 107 cm³/mol. The molecule has 5 aromatic rings. The first-order valence-corrected chi connectivity index (χ1v) is 8.07. The second-order valence-electron chi connectivity index (χ2n) is 5.86. The van der Waals surface area contributed by atoms with Crippen molar-refractivity contribution in [2.24, 2.45) is 0 Å². The van der Waals surface area contributed by atoms with Crippen LogP contribution in [0.5, 0.6) is 0 Å². The number of aromatic nitrogens is 1. The maximum absolute atomic E-state index is 8.89. The summed E-state index contributed by atoms with van der Waals surface area (Å²) in [6, 6.07) is 17.9. The predicted octanol–water partition coefficient (Wildman–Crippen LogP) is 6.66. The highest BCUT2D eigenvalue weighted by molar-refractivity contribution is 6.09. The number of aromatic amines is 1. The van der Waals surface area contributed by atoms with E-state index in [2.05, 4.69) is 4.98 Å². The van der Waals surface area contributed by atoms with Gasteiger partial charge in [0.05, 0.1) is 8.22 Å². The Bertz CT molecular complexity index is 1360. The summed E-state index contributed by atoms with van der Waals surface area (Å²) in [5, 5.41) is 0.677. The standard InChI is InChI=1S/C24H17N/c1-3-7-17(8-4-1)19-11-13-23-21(15-19)22-16-20(12-14-24(22)25-23)18-9-5-2-6-10-18/h1-16,25H/i11D,12D,13D,14D,15D,16D. The van der Waals surface area contributed by atoms with Gasteiger partial charge in [0.15, 0.2) is 0 Å². The third kappa shape index (κ3) is 2.41. The van der Waals surface area contributed by atoms with E-state index in [4.69, 9.17) is 8.22 Å². The molecule has 118 valence electrons. The molecular formula is C24H17N. The van der Waals surface area contributed by atoms with Crippen molar-refractivity contribution in [3.63, 3.8) is 0 Å². The van der Waals surface area contributed by atoms with Crippen LogP contribution in [0, 0.1) is 0 Å². The quantitative estimate of drug-likeness (QED) is 0.374. The van der Waals surface area contributed by atoms with E-state index >= 15 is 0 Å². The monoisotopic (exact) mass is 325 g/mol. The molecule has 0 bridgehead atoms. The summed E-state index contributed by atoms with van der Waals surface area (Å²) < 4.78 is 51.9. The lowest BCUT2D eigenvalue weighted by Gasteiger charge is -2.03. The molecule has 4 aromatic carbocycles. The van der Waals surface area contributed by atoms with E-state index in [1.807, 2.05) is 36.4 Å². The highest BCUT2D eigenvalue weighted by Gasteiger charge is 2.08. The van der Waals surface area contributed by atoms with E-state index in [1.54, 1.807) is 24.3 Å². The zero-order chi connectivity index (χ0) is 21.9. The molecule has 0 amide bonds. The fourth-order valence-electron chi connectivity index (χ4n) is 3.00. The van der Waals surface area contributed by atoms with Crippen LogP contribution >= 0.6 is 0 Å². The lowest BCUT2D eigenvalue weighted by atomic mass is 10.0. The molecule has 0 aliphatic heterocycles. The van der Waals surface area contributed by atoms with Gasteiger partial charge in [0.2, 0.25) is 0 Å². The fraction of sp³-hybridized carbons (Fsp3) is 0. The number of hydrogen-bond donors (Lipinski definition) is 1. The molecule has 1 nitrogen and oxygen atoms in total. The third-order valence-electron chi connectivity index (χ3n) is 4.25. The number of rotatable bonds is 2. The summed E-state index contributed by atoms with van der Waals surface area (Å²) in [7, 11) is 0. The molecule has 0 aliphatic rings. The van der Waals surface area contributed by atoms with Gasteiger partial charge in [0.1, 0.15) is 0 Å². The molecule has 0 unspecified atom stereocenters. The van der Waals surface area contributed by atoms with Gasteiger partial charge in [-0.25, -0.2) is 0 Å². The maximum Gasteiger partial charge on any atom is 0.0645 e. The van der Waals surface area contributed by atoms with E-state index < -0.39 is 0 Å². The minimum atomic E-state index is -0.0901. The van der Waals surface area contributed by atoms with E-state index in [9.17, 15) is 0 Å². The number of nitrogens with one attached hydrogen (secondary N) is 1. The molecule has 25 heavy (non-hydrogen) atoms. The average molecular weight is 325 g/mol. The number of benzene rings is 4. The van der Waals surface area contributed by atoms with Crippen LogP contribution in [0.3, 0.4) is 0 Å². The first kappa shape index (κ1) is 9.24. The van der Waals surface area contributed by atoms with Crippen molar-refractivity contribution < 1.29 is 8.22 Å². The highest BCUT2D eigenvalue weighted by atomic mass is 14.7. The molecule has 1 heteroatoms. The molecule has 5 rings (SSSR count). The number of fused-ring (bicyclic) bond motifs is 3. The zero-order valence-corrected chi connectivity index (χ0v) is 13.3. The largest absolute Gasteiger partial charge is 0.355 e. The van der Waals surface area contributed by atoms with Crippen LogP contribution in [-0.2, 0) is 0 Å². The molecule has 1 aromatic heterocycles. The van der Waals surface area contributed by atoms with Crippen LogP contribution in [0.15, 0.2) is 96.9 Å². The van der Waals surface area contributed by atoms with Crippen LogP contribution < -0.4 is 0 Å². The Labute approximate surface area is 155 Å². The zero-order valence-electron chi connectivity index (χ0n) is 19.3. The van der Waals surface area contributed by atoms with Crippen molar-refractivity contribution in [1.29, 1.82) is 0 Å². The normalized spacial score (nSPS) is 14.6. The molecule has 0 fully saturated rings. The minimum absolute atomic E-state index is 0.0399. The Hall–Kier alpha value is -3.32. The first-order valence-electron chi connectivity index (χ1n) is 11.1. The minimum Gasteiger partial charge on any atom is -0.355 e. The fourth-order valence-corrected chi connectivity index (χ4v) is 3.00. The molecule has 1 N–H and O–H groups in total. The summed E-state index contributed by atoms with van der Waals surface area (Å²) in [6.07, 6.45) is 0. The lowest BCUT2D eigenvalue weighted by Crippen LogP contribution is -1.78. The Morgan fingerprint density at radius 3 is 1.40 bits per heavy atom. The maximum atomic E-state index is 8.89. The topological polar surface area (TPSA) is 15.8 Å². The molecule has 0 saturated carbocycles. The lowest BCUT2D eigenvalue weighted by molar-refractivity contribution is 1.54. The van der Waals surface area contributed by atoms with Crippen LogP contribution in [-0.4, -0.2) is 4.98 Å². The van der Waals surface area contributed by atoms with Crippen LogP contribution in [0.2, 0.25) is 0 Å². The van der Waals surface area contributed by atoms with Gasteiger partial charge < -0.3 is 4.98 Å². The van der Waals surface area contributed by atoms with Crippen LogP contribution in [0.1, 0.15) is 8.22 Å². The second-order valence-corrected chi connectivity index (χ2v) is 5.86. The van der Waals surface area contributed by atoms with Crippen LogP contribution in [0.4, 0.5) is 0 Å². The molecule has 0 atom stereocenters. The van der Waals surface area contributed by atoms with Crippen molar-refractivity contribution >= 4 is 21.8 Å². The van der Waals surface area contributed by atoms with E-state index in [-0.39, 0.29) is 47.3 Å².